The lowest BCUT2D eigenvalue weighted by Gasteiger charge is -2.10. The van der Waals surface area contributed by atoms with Gasteiger partial charge in [0.1, 0.15) is 11.5 Å². The predicted molar refractivity (Wildman–Crippen MR) is 106 cm³/mol. The van der Waals surface area contributed by atoms with Gasteiger partial charge in [-0.1, -0.05) is 29.4 Å². The normalized spacial score (nSPS) is 11.0. The third kappa shape index (κ3) is 4.36. The molecule has 0 spiro atoms. The van der Waals surface area contributed by atoms with Crippen molar-refractivity contribution in [2.45, 2.75) is 32.0 Å². The minimum absolute atomic E-state index is 0.0743. The van der Waals surface area contributed by atoms with Crippen molar-refractivity contribution in [3.8, 4) is 17.3 Å². The number of aryl methyl sites for hydroxylation is 1. The predicted octanol–water partition coefficient (Wildman–Crippen LogP) is 4.43. The minimum Gasteiger partial charge on any atom is -0.496 e. The van der Waals surface area contributed by atoms with E-state index in [1.807, 2.05) is 36.6 Å². The third-order valence-corrected chi connectivity index (χ3v) is 5.52. The Morgan fingerprint density at radius 1 is 1.37 bits per heavy atom. The number of rotatable bonds is 8. The van der Waals surface area contributed by atoms with Crippen molar-refractivity contribution in [1.82, 2.24) is 14.8 Å². The minimum atomic E-state index is 0.0743. The number of hydrogen-bond acceptors (Lipinski definition) is 6. The molecule has 1 aromatic carbocycles. The van der Waals surface area contributed by atoms with Gasteiger partial charge in [0.25, 0.3) is 0 Å². The number of aromatic nitrogens is 3. The Bertz CT molecular complexity index is 938. The zero-order valence-corrected chi connectivity index (χ0v) is 16.9. The van der Waals surface area contributed by atoms with Crippen LogP contribution in [0.4, 0.5) is 0 Å². The molecule has 0 bridgehead atoms. The molecule has 0 unspecified atom stereocenters. The second kappa shape index (κ2) is 8.63. The summed E-state index contributed by atoms with van der Waals surface area (Å²) in [7, 11) is 1.57. The van der Waals surface area contributed by atoms with E-state index in [0.29, 0.717) is 39.8 Å². The first-order valence-corrected chi connectivity index (χ1v) is 9.84. The summed E-state index contributed by atoms with van der Waals surface area (Å²) in [6.07, 6.45) is 1.88. The van der Waals surface area contributed by atoms with Gasteiger partial charge in [0.05, 0.1) is 19.1 Å². The Kier molecular flexibility index (Phi) is 6.23. The van der Waals surface area contributed by atoms with E-state index in [1.165, 1.54) is 11.8 Å². The highest BCUT2D eigenvalue weighted by Crippen LogP contribution is 2.28. The molecule has 0 aliphatic rings. The van der Waals surface area contributed by atoms with Crippen molar-refractivity contribution in [1.29, 1.82) is 0 Å². The number of ketones is 1. The van der Waals surface area contributed by atoms with Crippen LogP contribution in [0.2, 0.25) is 5.02 Å². The van der Waals surface area contributed by atoms with Crippen LogP contribution in [0.15, 0.2) is 40.1 Å². The maximum atomic E-state index is 12.5. The van der Waals surface area contributed by atoms with Crippen LogP contribution in [0, 0.1) is 6.92 Å². The highest BCUT2D eigenvalue weighted by molar-refractivity contribution is 7.99. The fourth-order valence-electron chi connectivity index (χ4n) is 2.73. The number of halogens is 1. The molecule has 27 heavy (non-hydrogen) atoms. The number of carbonyl (C=O) groups excluding carboxylic acids is 1. The van der Waals surface area contributed by atoms with E-state index < -0.39 is 0 Å². The molecule has 0 fully saturated rings. The molecule has 0 saturated heterocycles. The van der Waals surface area contributed by atoms with Gasteiger partial charge in [-0.3, -0.25) is 9.36 Å². The summed E-state index contributed by atoms with van der Waals surface area (Å²) >= 11 is 7.49. The summed E-state index contributed by atoms with van der Waals surface area (Å²) < 4.78 is 12.7. The maximum absolute atomic E-state index is 12.5. The SMILES string of the molecule is CCn1c(SCC(=O)Cc2cc(C)c(Cl)cc2OC)nnc1-c1ccco1. The van der Waals surface area contributed by atoms with Gasteiger partial charge in [-0.25, -0.2) is 0 Å². The number of nitrogens with zero attached hydrogens (tertiary/aromatic N) is 3. The number of thioether (sulfide) groups is 1. The van der Waals surface area contributed by atoms with E-state index in [9.17, 15) is 4.79 Å². The molecule has 0 aliphatic heterocycles. The zero-order chi connectivity index (χ0) is 19.4. The third-order valence-electron chi connectivity index (χ3n) is 4.09. The molecule has 0 amide bonds. The largest absolute Gasteiger partial charge is 0.496 e. The molecule has 6 nitrogen and oxygen atoms in total. The van der Waals surface area contributed by atoms with E-state index in [2.05, 4.69) is 10.2 Å². The molecule has 0 radical (unpaired) electrons. The van der Waals surface area contributed by atoms with Crippen LogP contribution in [-0.2, 0) is 17.8 Å². The average Bonchev–Trinajstić information content (AvgIpc) is 3.31. The van der Waals surface area contributed by atoms with Crippen LogP contribution in [0.25, 0.3) is 11.6 Å². The van der Waals surface area contributed by atoms with Gasteiger partial charge in [-0.15, -0.1) is 10.2 Å². The van der Waals surface area contributed by atoms with Crippen LogP contribution in [0.1, 0.15) is 18.1 Å². The topological polar surface area (TPSA) is 70.2 Å². The molecular formula is C19H20ClN3O3S. The van der Waals surface area contributed by atoms with Crippen LogP contribution in [0.5, 0.6) is 5.75 Å². The van der Waals surface area contributed by atoms with E-state index in [4.69, 9.17) is 20.8 Å². The first-order valence-electron chi connectivity index (χ1n) is 8.48. The average molecular weight is 406 g/mol. The van der Waals surface area contributed by atoms with Crippen molar-refractivity contribution < 1.29 is 13.9 Å². The summed E-state index contributed by atoms with van der Waals surface area (Å²) in [6.45, 7) is 4.59. The van der Waals surface area contributed by atoms with Crippen molar-refractivity contribution in [2.75, 3.05) is 12.9 Å². The number of carbonyl (C=O) groups is 1. The van der Waals surface area contributed by atoms with Gasteiger partial charge in [0, 0.05) is 23.6 Å². The first-order chi connectivity index (χ1) is 13.0. The zero-order valence-electron chi connectivity index (χ0n) is 15.4. The standard InChI is InChI=1S/C19H20ClN3O3S/c1-4-23-18(16-6-5-7-26-16)21-22-19(23)27-11-14(24)9-13-8-12(2)15(20)10-17(13)25-3/h5-8,10H,4,9,11H2,1-3H3. The van der Waals surface area contributed by atoms with Gasteiger partial charge in [-0.2, -0.15) is 0 Å². The number of hydrogen-bond donors (Lipinski definition) is 0. The Hall–Kier alpha value is -2.25. The van der Waals surface area contributed by atoms with Gasteiger partial charge in [0.15, 0.2) is 16.7 Å². The molecule has 0 atom stereocenters. The summed E-state index contributed by atoms with van der Waals surface area (Å²) in [5, 5.41) is 9.71. The highest BCUT2D eigenvalue weighted by Gasteiger charge is 2.17. The van der Waals surface area contributed by atoms with Crippen molar-refractivity contribution in [2.24, 2.45) is 0 Å². The number of Topliss-reactive ketones (excluding diaryl/α,β-unsaturated/α-hetero) is 1. The summed E-state index contributed by atoms with van der Waals surface area (Å²) in [5.74, 6) is 2.31. The highest BCUT2D eigenvalue weighted by atomic mass is 35.5. The molecule has 2 heterocycles. The molecule has 0 N–H and O–H groups in total. The fraction of sp³-hybridized carbons (Fsp3) is 0.316. The van der Waals surface area contributed by atoms with E-state index >= 15 is 0 Å². The van der Waals surface area contributed by atoms with Gasteiger partial charge in [0.2, 0.25) is 0 Å². The molecule has 8 heteroatoms. The number of methoxy groups -OCH3 is 1. The van der Waals surface area contributed by atoms with E-state index in [-0.39, 0.29) is 12.2 Å². The van der Waals surface area contributed by atoms with Crippen LogP contribution >= 0.6 is 23.4 Å². The van der Waals surface area contributed by atoms with Crippen LogP contribution in [0.3, 0.4) is 0 Å². The van der Waals surface area contributed by atoms with Crippen molar-refractivity contribution >= 4 is 29.1 Å². The molecule has 142 valence electrons. The maximum Gasteiger partial charge on any atom is 0.200 e. The molecular weight excluding hydrogens is 386 g/mol. The first kappa shape index (κ1) is 19.5. The van der Waals surface area contributed by atoms with Gasteiger partial charge in [-0.05, 0) is 37.6 Å². The summed E-state index contributed by atoms with van der Waals surface area (Å²) in [4.78, 5) is 12.5. The second-order valence-corrected chi connectivity index (χ2v) is 7.29. The Balaban J connectivity index is 1.69. The lowest BCUT2D eigenvalue weighted by Crippen LogP contribution is -2.09. The molecule has 0 saturated carbocycles. The van der Waals surface area contributed by atoms with Crippen LogP contribution in [-0.4, -0.2) is 33.4 Å². The number of benzene rings is 1. The monoisotopic (exact) mass is 405 g/mol. The Morgan fingerprint density at radius 3 is 2.85 bits per heavy atom. The molecule has 3 rings (SSSR count). The molecule has 3 aromatic rings. The lowest BCUT2D eigenvalue weighted by molar-refractivity contribution is -0.116. The van der Waals surface area contributed by atoms with Gasteiger partial charge >= 0.3 is 0 Å². The smallest absolute Gasteiger partial charge is 0.200 e. The lowest BCUT2D eigenvalue weighted by atomic mass is 10.1. The molecule has 0 aliphatic carbocycles. The van der Waals surface area contributed by atoms with Crippen molar-refractivity contribution in [3.63, 3.8) is 0 Å². The summed E-state index contributed by atoms with van der Waals surface area (Å²) in [5.41, 5.74) is 1.75. The van der Waals surface area contributed by atoms with E-state index in [0.717, 1.165) is 11.1 Å². The summed E-state index contributed by atoms with van der Waals surface area (Å²) in [6, 6.07) is 7.29. The number of furan rings is 1. The van der Waals surface area contributed by atoms with Crippen LogP contribution < -0.4 is 4.74 Å². The fourth-order valence-corrected chi connectivity index (χ4v) is 3.74. The molecule has 2 aromatic heterocycles. The quantitative estimate of drug-likeness (QED) is 0.516. The Labute approximate surface area is 166 Å². The Morgan fingerprint density at radius 2 is 2.19 bits per heavy atom. The van der Waals surface area contributed by atoms with E-state index in [1.54, 1.807) is 19.4 Å². The van der Waals surface area contributed by atoms with Crippen molar-refractivity contribution in [3.05, 3.63) is 46.7 Å². The number of ether oxygens (including phenoxy) is 1. The van der Waals surface area contributed by atoms with Gasteiger partial charge < -0.3 is 9.15 Å². The second-order valence-electron chi connectivity index (χ2n) is 5.95.